The minimum absolute atomic E-state index is 0.354. The van der Waals surface area contributed by atoms with Crippen LogP contribution in [-0.2, 0) is 0 Å². The fraction of sp³-hybridized carbons (Fsp3) is 0.583. The van der Waals surface area contributed by atoms with Crippen LogP contribution >= 0.6 is 15.9 Å². The molecule has 2 nitrogen and oxygen atoms in total. The van der Waals surface area contributed by atoms with Crippen LogP contribution < -0.4 is 4.74 Å². The third kappa shape index (κ3) is 2.94. The van der Waals surface area contributed by atoms with Gasteiger partial charge in [0, 0.05) is 6.20 Å². The molecule has 1 aliphatic rings. The first kappa shape index (κ1) is 10.9. The van der Waals surface area contributed by atoms with E-state index >= 15 is 0 Å². The van der Waals surface area contributed by atoms with Gasteiger partial charge in [-0.15, -0.1) is 0 Å². The Balaban J connectivity index is 1.95. The maximum atomic E-state index is 5.88. The zero-order chi connectivity index (χ0) is 10.7. The van der Waals surface area contributed by atoms with Crippen LogP contribution in [0.4, 0.5) is 0 Å². The van der Waals surface area contributed by atoms with Gasteiger partial charge in [-0.2, -0.15) is 0 Å². The van der Waals surface area contributed by atoms with Gasteiger partial charge in [-0.25, -0.2) is 4.98 Å². The largest absolute Gasteiger partial charge is 0.474 e. The van der Waals surface area contributed by atoms with Crippen molar-refractivity contribution in [3.05, 3.63) is 22.8 Å². The van der Waals surface area contributed by atoms with Gasteiger partial charge in [-0.05, 0) is 59.7 Å². The Morgan fingerprint density at radius 1 is 1.33 bits per heavy atom. The van der Waals surface area contributed by atoms with Crippen LogP contribution in [0.5, 0.6) is 5.88 Å². The van der Waals surface area contributed by atoms with Crippen molar-refractivity contribution in [1.82, 2.24) is 4.98 Å². The molecule has 0 amide bonds. The third-order valence-electron chi connectivity index (χ3n) is 2.97. The first-order valence-electron chi connectivity index (χ1n) is 5.53. The highest BCUT2D eigenvalue weighted by Crippen LogP contribution is 2.29. The fourth-order valence-corrected chi connectivity index (χ4v) is 2.31. The van der Waals surface area contributed by atoms with Crippen LogP contribution in [-0.4, -0.2) is 11.1 Å². The summed E-state index contributed by atoms with van der Waals surface area (Å²) in [4.78, 5) is 4.22. The van der Waals surface area contributed by atoms with Gasteiger partial charge >= 0.3 is 0 Å². The van der Waals surface area contributed by atoms with Crippen molar-refractivity contribution in [2.45, 2.75) is 38.7 Å². The molecule has 15 heavy (non-hydrogen) atoms. The van der Waals surface area contributed by atoms with Crippen LogP contribution in [0, 0.1) is 5.92 Å². The number of hydrogen-bond donors (Lipinski definition) is 0. The first-order valence-corrected chi connectivity index (χ1v) is 6.32. The molecule has 0 N–H and O–H groups in total. The predicted molar refractivity (Wildman–Crippen MR) is 64.0 cm³/mol. The summed E-state index contributed by atoms with van der Waals surface area (Å²) in [5.74, 6) is 1.59. The smallest absolute Gasteiger partial charge is 0.228 e. The van der Waals surface area contributed by atoms with E-state index in [0.717, 1.165) is 29.1 Å². The maximum absolute atomic E-state index is 5.88. The summed E-state index contributed by atoms with van der Waals surface area (Å²) in [6.07, 6.45) is 6.98. The van der Waals surface area contributed by atoms with E-state index in [2.05, 4.69) is 27.8 Å². The summed E-state index contributed by atoms with van der Waals surface area (Å²) in [5.41, 5.74) is 0. The fourth-order valence-electron chi connectivity index (χ4n) is 1.96. The SMILES string of the molecule is CC1CCC(Oc2ncccc2Br)CC1. The summed E-state index contributed by atoms with van der Waals surface area (Å²) < 4.78 is 6.82. The van der Waals surface area contributed by atoms with Gasteiger partial charge in [0.25, 0.3) is 0 Å². The van der Waals surface area contributed by atoms with Gasteiger partial charge in [-0.1, -0.05) is 6.92 Å². The molecular weight excluding hydrogens is 254 g/mol. The molecule has 1 aromatic heterocycles. The highest BCUT2D eigenvalue weighted by molar-refractivity contribution is 9.10. The lowest BCUT2D eigenvalue weighted by Gasteiger charge is -2.26. The highest BCUT2D eigenvalue weighted by atomic mass is 79.9. The Hall–Kier alpha value is -0.570. The minimum atomic E-state index is 0.354. The van der Waals surface area contributed by atoms with E-state index in [1.165, 1.54) is 12.8 Å². The Morgan fingerprint density at radius 2 is 2.07 bits per heavy atom. The van der Waals surface area contributed by atoms with Crippen LogP contribution in [0.25, 0.3) is 0 Å². The molecule has 1 heterocycles. The number of hydrogen-bond acceptors (Lipinski definition) is 2. The molecule has 1 aliphatic carbocycles. The molecule has 0 radical (unpaired) electrons. The van der Waals surface area contributed by atoms with Gasteiger partial charge in [0.2, 0.25) is 5.88 Å². The second kappa shape index (κ2) is 4.97. The summed E-state index contributed by atoms with van der Waals surface area (Å²) in [6.45, 7) is 2.31. The number of rotatable bonds is 2. The molecule has 0 saturated heterocycles. The lowest BCUT2D eigenvalue weighted by Crippen LogP contribution is -2.23. The maximum Gasteiger partial charge on any atom is 0.228 e. The van der Waals surface area contributed by atoms with E-state index in [9.17, 15) is 0 Å². The second-order valence-corrected chi connectivity index (χ2v) is 5.14. The van der Waals surface area contributed by atoms with Crippen molar-refractivity contribution < 1.29 is 4.74 Å². The standard InChI is InChI=1S/C12H16BrNO/c1-9-4-6-10(7-5-9)15-12-11(13)3-2-8-14-12/h2-3,8-10H,4-7H2,1H3. The van der Waals surface area contributed by atoms with Crippen molar-refractivity contribution in [2.75, 3.05) is 0 Å². The molecule has 0 aliphatic heterocycles. The van der Waals surface area contributed by atoms with E-state index in [1.807, 2.05) is 12.1 Å². The molecule has 1 fully saturated rings. The van der Waals surface area contributed by atoms with Crippen molar-refractivity contribution in [3.8, 4) is 5.88 Å². The molecule has 1 aromatic rings. The van der Waals surface area contributed by atoms with E-state index in [1.54, 1.807) is 6.20 Å². The number of pyridine rings is 1. The van der Waals surface area contributed by atoms with Crippen LogP contribution in [0.3, 0.4) is 0 Å². The van der Waals surface area contributed by atoms with Crippen LogP contribution in [0.15, 0.2) is 22.8 Å². The number of halogens is 1. The Bertz CT molecular complexity index is 321. The lowest BCUT2D eigenvalue weighted by molar-refractivity contribution is 0.129. The van der Waals surface area contributed by atoms with Crippen molar-refractivity contribution >= 4 is 15.9 Å². The van der Waals surface area contributed by atoms with E-state index in [4.69, 9.17) is 4.74 Å². The van der Waals surface area contributed by atoms with Gasteiger partial charge in [0.1, 0.15) is 6.10 Å². The average molecular weight is 270 g/mol. The molecule has 0 spiro atoms. The summed E-state index contributed by atoms with van der Waals surface area (Å²) in [6, 6.07) is 3.87. The van der Waals surface area contributed by atoms with Crippen molar-refractivity contribution in [2.24, 2.45) is 5.92 Å². The molecule has 1 saturated carbocycles. The molecule has 0 unspecified atom stereocenters. The quantitative estimate of drug-likeness (QED) is 0.815. The average Bonchev–Trinajstić information content (AvgIpc) is 2.25. The summed E-state index contributed by atoms with van der Waals surface area (Å²) in [7, 11) is 0. The van der Waals surface area contributed by atoms with E-state index in [-0.39, 0.29) is 0 Å². The van der Waals surface area contributed by atoms with Gasteiger partial charge in [0.05, 0.1) is 4.47 Å². The van der Waals surface area contributed by atoms with Gasteiger partial charge < -0.3 is 4.74 Å². The van der Waals surface area contributed by atoms with E-state index < -0.39 is 0 Å². The summed E-state index contributed by atoms with van der Waals surface area (Å²) in [5, 5.41) is 0. The molecule has 0 bridgehead atoms. The van der Waals surface area contributed by atoms with Crippen LogP contribution in [0.2, 0.25) is 0 Å². The highest BCUT2D eigenvalue weighted by Gasteiger charge is 2.20. The van der Waals surface area contributed by atoms with E-state index in [0.29, 0.717) is 6.10 Å². The second-order valence-electron chi connectivity index (χ2n) is 4.29. The normalized spacial score (nSPS) is 26.3. The van der Waals surface area contributed by atoms with Crippen LogP contribution in [0.1, 0.15) is 32.6 Å². The molecule has 3 heteroatoms. The first-order chi connectivity index (χ1) is 7.25. The monoisotopic (exact) mass is 269 g/mol. The van der Waals surface area contributed by atoms with Crippen molar-refractivity contribution in [1.29, 1.82) is 0 Å². The molecule has 0 atom stereocenters. The van der Waals surface area contributed by atoms with Crippen molar-refractivity contribution in [3.63, 3.8) is 0 Å². The Morgan fingerprint density at radius 3 is 2.73 bits per heavy atom. The zero-order valence-corrected chi connectivity index (χ0v) is 10.5. The third-order valence-corrected chi connectivity index (χ3v) is 3.57. The molecule has 82 valence electrons. The lowest BCUT2D eigenvalue weighted by atomic mass is 9.89. The van der Waals surface area contributed by atoms with Gasteiger partial charge in [0.15, 0.2) is 0 Å². The number of nitrogens with zero attached hydrogens (tertiary/aromatic N) is 1. The number of aromatic nitrogens is 1. The predicted octanol–water partition coefficient (Wildman–Crippen LogP) is 3.80. The Kier molecular flexibility index (Phi) is 3.62. The van der Waals surface area contributed by atoms with Gasteiger partial charge in [-0.3, -0.25) is 0 Å². The minimum Gasteiger partial charge on any atom is -0.474 e. The summed E-state index contributed by atoms with van der Waals surface area (Å²) >= 11 is 3.45. The molecular formula is C12H16BrNO. The molecule has 2 rings (SSSR count). The zero-order valence-electron chi connectivity index (χ0n) is 8.95. The Labute approximate surface area is 99.2 Å². The number of ether oxygens (including phenoxy) is 1. The molecule has 0 aromatic carbocycles. The topological polar surface area (TPSA) is 22.1 Å².